The second-order valence-electron chi connectivity index (χ2n) is 2.07. The number of anilines is 1. The normalized spacial score (nSPS) is 8.53. The van der Waals surface area contributed by atoms with Gasteiger partial charge in [-0.05, 0) is 12.1 Å². The van der Waals surface area contributed by atoms with Gasteiger partial charge in [0.05, 0.1) is 7.11 Å². The van der Waals surface area contributed by atoms with E-state index in [4.69, 9.17) is 0 Å². The Morgan fingerprint density at radius 2 is 2.27 bits per heavy atom. The van der Waals surface area contributed by atoms with Crippen LogP contribution in [0.5, 0.6) is 0 Å². The number of carbonyl (C=O) groups excluding carboxylic acids is 1. The standard InChI is InChI=1S/C7H7IN2O2S.C2H6/c1-12-7(11)5-3-2-4-9-6(5)10-13-8;1-2/h2-4H,1H3,(H,9,10);1-2H3. The number of rotatable bonds is 3. The Labute approximate surface area is 106 Å². The minimum absolute atomic E-state index is 0.388. The van der Waals surface area contributed by atoms with Crippen LogP contribution in [0.25, 0.3) is 0 Å². The summed E-state index contributed by atoms with van der Waals surface area (Å²) in [6.07, 6.45) is 1.61. The molecule has 0 fully saturated rings. The Morgan fingerprint density at radius 3 is 2.80 bits per heavy atom. The van der Waals surface area contributed by atoms with Gasteiger partial charge in [-0.2, -0.15) is 0 Å². The Bertz CT molecular complexity index is 310. The van der Waals surface area contributed by atoms with Crippen molar-refractivity contribution < 1.29 is 9.53 Å². The van der Waals surface area contributed by atoms with E-state index < -0.39 is 0 Å². The summed E-state index contributed by atoms with van der Waals surface area (Å²) >= 11 is 2.06. The summed E-state index contributed by atoms with van der Waals surface area (Å²) in [6.45, 7) is 4.00. The molecule has 84 valence electrons. The fraction of sp³-hybridized carbons (Fsp3) is 0.333. The molecule has 0 aliphatic heterocycles. The predicted molar refractivity (Wildman–Crippen MR) is 72.2 cm³/mol. The van der Waals surface area contributed by atoms with E-state index in [2.05, 4.69) is 35.6 Å². The summed E-state index contributed by atoms with van der Waals surface area (Å²) in [4.78, 5) is 15.2. The minimum Gasteiger partial charge on any atom is -0.465 e. The lowest BCUT2D eigenvalue weighted by molar-refractivity contribution is 0.0601. The van der Waals surface area contributed by atoms with Crippen LogP contribution in [0.2, 0.25) is 0 Å². The van der Waals surface area contributed by atoms with Gasteiger partial charge in [0, 0.05) is 36.5 Å². The summed E-state index contributed by atoms with van der Waals surface area (Å²) in [6, 6.07) is 3.35. The number of hydrogen-bond acceptors (Lipinski definition) is 5. The molecule has 0 atom stereocenters. The van der Waals surface area contributed by atoms with Crippen LogP contribution in [0.1, 0.15) is 24.2 Å². The van der Waals surface area contributed by atoms with Crippen molar-refractivity contribution in [1.82, 2.24) is 4.98 Å². The monoisotopic (exact) mass is 340 g/mol. The molecule has 0 amide bonds. The minimum atomic E-state index is -0.388. The number of aromatic nitrogens is 1. The molecule has 0 saturated carbocycles. The van der Waals surface area contributed by atoms with E-state index in [1.165, 1.54) is 16.2 Å². The zero-order chi connectivity index (χ0) is 11.7. The van der Waals surface area contributed by atoms with E-state index >= 15 is 0 Å². The summed E-state index contributed by atoms with van der Waals surface area (Å²) in [5.74, 6) is 0.134. The zero-order valence-corrected chi connectivity index (χ0v) is 11.8. The van der Waals surface area contributed by atoms with Crippen LogP contribution < -0.4 is 4.72 Å². The van der Waals surface area contributed by atoms with Gasteiger partial charge in [-0.3, -0.25) is 0 Å². The number of nitrogens with zero attached hydrogens (tertiary/aromatic N) is 1. The fourth-order valence-electron chi connectivity index (χ4n) is 0.798. The molecule has 1 heterocycles. The molecule has 0 spiro atoms. The van der Waals surface area contributed by atoms with Crippen molar-refractivity contribution in [1.29, 1.82) is 0 Å². The lowest BCUT2D eigenvalue weighted by Crippen LogP contribution is -2.05. The topological polar surface area (TPSA) is 51.2 Å². The number of esters is 1. The second-order valence-corrected chi connectivity index (χ2v) is 3.75. The van der Waals surface area contributed by atoms with Crippen LogP contribution in [-0.4, -0.2) is 18.1 Å². The lowest BCUT2D eigenvalue weighted by atomic mass is 10.2. The van der Waals surface area contributed by atoms with Crippen molar-refractivity contribution in [2.45, 2.75) is 13.8 Å². The van der Waals surface area contributed by atoms with Gasteiger partial charge < -0.3 is 9.46 Å². The quantitative estimate of drug-likeness (QED) is 0.520. The average molecular weight is 340 g/mol. The molecule has 0 radical (unpaired) electrons. The number of halogens is 1. The Morgan fingerprint density at radius 1 is 1.60 bits per heavy atom. The summed E-state index contributed by atoms with van der Waals surface area (Å²) in [7, 11) is 2.69. The zero-order valence-electron chi connectivity index (χ0n) is 8.78. The maximum Gasteiger partial charge on any atom is 0.341 e. The third-order valence-corrected chi connectivity index (χ3v) is 2.28. The van der Waals surface area contributed by atoms with Crippen molar-refractivity contribution in [3.05, 3.63) is 23.9 Å². The molecular formula is C9H13IN2O2S. The highest BCUT2D eigenvalue weighted by atomic mass is 127. The lowest BCUT2D eigenvalue weighted by Gasteiger charge is -2.04. The molecule has 0 unspecified atom stereocenters. The smallest absolute Gasteiger partial charge is 0.341 e. The van der Waals surface area contributed by atoms with Gasteiger partial charge in [-0.1, -0.05) is 13.8 Å². The van der Waals surface area contributed by atoms with E-state index in [0.29, 0.717) is 11.4 Å². The second kappa shape index (κ2) is 8.78. The number of ether oxygens (including phenoxy) is 1. The molecule has 1 aromatic heterocycles. The highest BCUT2D eigenvalue weighted by Gasteiger charge is 2.11. The third kappa shape index (κ3) is 4.70. The first-order valence-electron chi connectivity index (χ1n) is 4.36. The molecule has 1 N–H and O–H groups in total. The highest BCUT2D eigenvalue weighted by molar-refractivity contribution is 14.2. The van der Waals surface area contributed by atoms with E-state index in [-0.39, 0.29) is 5.97 Å². The van der Waals surface area contributed by atoms with Crippen LogP contribution in [0, 0.1) is 0 Å². The Kier molecular flexibility index (Phi) is 8.49. The number of methoxy groups -OCH3 is 1. The molecule has 4 nitrogen and oxygen atoms in total. The molecular weight excluding hydrogens is 327 g/mol. The molecule has 0 aliphatic carbocycles. The van der Waals surface area contributed by atoms with Crippen LogP contribution in [-0.2, 0) is 4.74 Å². The molecule has 1 rings (SSSR count). The van der Waals surface area contributed by atoms with Gasteiger partial charge in [-0.15, -0.1) is 0 Å². The molecule has 0 bridgehead atoms. The Hall–Kier alpha value is -0.500. The van der Waals surface area contributed by atoms with Gasteiger partial charge in [0.25, 0.3) is 0 Å². The molecule has 1 aromatic rings. The van der Waals surface area contributed by atoms with Crippen LogP contribution >= 0.6 is 30.3 Å². The first-order chi connectivity index (χ1) is 7.29. The van der Waals surface area contributed by atoms with Gasteiger partial charge in [0.2, 0.25) is 0 Å². The van der Waals surface area contributed by atoms with Gasteiger partial charge in [0.15, 0.2) is 5.82 Å². The number of nitrogens with one attached hydrogen (secondary N) is 1. The van der Waals surface area contributed by atoms with Crippen LogP contribution in [0.4, 0.5) is 5.82 Å². The van der Waals surface area contributed by atoms with E-state index in [1.54, 1.807) is 18.3 Å². The van der Waals surface area contributed by atoms with E-state index in [0.717, 1.165) is 0 Å². The maximum atomic E-state index is 11.2. The van der Waals surface area contributed by atoms with Gasteiger partial charge >= 0.3 is 5.97 Å². The molecule has 6 heteroatoms. The predicted octanol–water partition coefficient (Wildman–Crippen LogP) is 3.30. The first-order valence-corrected chi connectivity index (χ1v) is 7.72. The van der Waals surface area contributed by atoms with Crippen molar-refractivity contribution in [2.24, 2.45) is 0 Å². The number of pyridine rings is 1. The van der Waals surface area contributed by atoms with Gasteiger partial charge in [-0.25, -0.2) is 9.78 Å². The van der Waals surface area contributed by atoms with Crippen molar-refractivity contribution in [2.75, 3.05) is 11.8 Å². The number of carbonyl (C=O) groups is 1. The highest BCUT2D eigenvalue weighted by Crippen LogP contribution is 2.19. The summed E-state index contributed by atoms with van der Waals surface area (Å²) in [5.41, 5.74) is 0.439. The average Bonchev–Trinajstić information content (AvgIpc) is 2.32. The van der Waals surface area contributed by atoms with Crippen LogP contribution in [0.3, 0.4) is 0 Å². The fourth-order valence-corrected chi connectivity index (χ4v) is 1.66. The van der Waals surface area contributed by atoms with E-state index in [1.807, 2.05) is 13.8 Å². The molecule has 0 saturated heterocycles. The Balaban J connectivity index is 0.000000921. The van der Waals surface area contributed by atoms with Crippen molar-refractivity contribution in [3.63, 3.8) is 0 Å². The number of hydrogen-bond donors (Lipinski definition) is 1. The molecule has 15 heavy (non-hydrogen) atoms. The van der Waals surface area contributed by atoms with Crippen molar-refractivity contribution >= 4 is 42.1 Å². The summed E-state index contributed by atoms with van der Waals surface area (Å²) < 4.78 is 7.48. The van der Waals surface area contributed by atoms with Crippen molar-refractivity contribution in [3.8, 4) is 0 Å². The van der Waals surface area contributed by atoms with E-state index in [9.17, 15) is 4.79 Å². The molecule has 0 aromatic carbocycles. The summed E-state index contributed by atoms with van der Waals surface area (Å²) in [5, 5.41) is 0. The first kappa shape index (κ1) is 14.5. The maximum absolute atomic E-state index is 11.2. The third-order valence-electron chi connectivity index (χ3n) is 1.35. The van der Waals surface area contributed by atoms with Gasteiger partial charge in [0.1, 0.15) is 5.56 Å². The molecule has 0 aliphatic rings. The SMILES string of the molecule is CC.COC(=O)c1cccnc1NSI. The van der Waals surface area contributed by atoms with Crippen LogP contribution in [0.15, 0.2) is 18.3 Å². The largest absolute Gasteiger partial charge is 0.465 e.